The van der Waals surface area contributed by atoms with Crippen molar-refractivity contribution in [1.29, 1.82) is 0 Å². The normalized spacial score (nSPS) is 11.3. The summed E-state index contributed by atoms with van der Waals surface area (Å²) in [6, 6.07) is 12.6. The summed E-state index contributed by atoms with van der Waals surface area (Å²) in [5.41, 5.74) is 9.32. The summed E-state index contributed by atoms with van der Waals surface area (Å²) in [5, 5.41) is 3.23. The average molecular weight is 305 g/mol. The van der Waals surface area contributed by atoms with Crippen LogP contribution in [0.3, 0.4) is 0 Å². The molecule has 0 aliphatic heterocycles. The zero-order valence-corrected chi connectivity index (χ0v) is 12.9. The molecule has 2 rings (SSSR count). The Kier molecular flexibility index (Phi) is 4.50. The van der Waals surface area contributed by atoms with Crippen LogP contribution in [-0.4, -0.2) is 15.5 Å². The van der Waals surface area contributed by atoms with Gasteiger partial charge >= 0.3 is 0 Å². The van der Waals surface area contributed by atoms with Crippen LogP contribution in [0.4, 0.5) is 11.4 Å². The fraction of sp³-hybridized carbons (Fsp3) is 0.200. The molecule has 0 spiro atoms. The van der Waals surface area contributed by atoms with Crippen LogP contribution in [0.2, 0.25) is 0 Å². The number of para-hydroxylation sites is 1. The summed E-state index contributed by atoms with van der Waals surface area (Å²) in [4.78, 5) is 0.235. The van der Waals surface area contributed by atoms with Gasteiger partial charge in [-0.05, 0) is 43.3 Å². The van der Waals surface area contributed by atoms with E-state index in [-0.39, 0.29) is 4.90 Å². The predicted molar refractivity (Wildman–Crippen MR) is 85.6 cm³/mol. The zero-order valence-electron chi connectivity index (χ0n) is 12.1. The Hall–Kier alpha value is -2.05. The van der Waals surface area contributed by atoms with Crippen LogP contribution in [0.1, 0.15) is 11.1 Å². The van der Waals surface area contributed by atoms with E-state index in [4.69, 9.17) is 5.73 Å². The SMILES string of the molecule is CNS(=O)(=O)c1ccc(C)c(NCc2ccccc2N)c1. The molecule has 0 fully saturated rings. The molecule has 6 heteroatoms. The molecule has 4 N–H and O–H groups in total. The van der Waals surface area contributed by atoms with Gasteiger partial charge in [0.2, 0.25) is 10.0 Å². The second-order valence-electron chi connectivity index (χ2n) is 4.74. The molecular formula is C15H19N3O2S. The lowest BCUT2D eigenvalue weighted by Crippen LogP contribution is -2.18. The predicted octanol–water partition coefficient (Wildman–Crippen LogP) is 2.10. The second-order valence-corrected chi connectivity index (χ2v) is 6.62. The van der Waals surface area contributed by atoms with E-state index in [1.54, 1.807) is 18.2 Å². The van der Waals surface area contributed by atoms with Gasteiger partial charge in [-0.25, -0.2) is 13.1 Å². The molecule has 0 saturated heterocycles. The third-order valence-corrected chi connectivity index (χ3v) is 4.72. The molecule has 112 valence electrons. The maximum Gasteiger partial charge on any atom is 0.240 e. The topological polar surface area (TPSA) is 84.2 Å². The van der Waals surface area contributed by atoms with Crippen LogP contribution in [0.15, 0.2) is 47.4 Å². The molecule has 2 aromatic carbocycles. The third-order valence-electron chi connectivity index (χ3n) is 3.31. The lowest BCUT2D eigenvalue weighted by Gasteiger charge is -2.13. The van der Waals surface area contributed by atoms with Crippen molar-refractivity contribution in [2.45, 2.75) is 18.4 Å². The van der Waals surface area contributed by atoms with E-state index in [0.717, 1.165) is 16.8 Å². The first-order valence-electron chi connectivity index (χ1n) is 6.55. The van der Waals surface area contributed by atoms with E-state index in [0.29, 0.717) is 12.2 Å². The molecule has 0 unspecified atom stereocenters. The van der Waals surface area contributed by atoms with E-state index < -0.39 is 10.0 Å². The van der Waals surface area contributed by atoms with Gasteiger partial charge < -0.3 is 11.1 Å². The molecule has 0 aliphatic rings. The van der Waals surface area contributed by atoms with Gasteiger partial charge in [0.25, 0.3) is 0 Å². The molecule has 0 aromatic heterocycles. The Balaban J connectivity index is 2.24. The molecule has 0 saturated carbocycles. The van der Waals surface area contributed by atoms with E-state index >= 15 is 0 Å². The van der Waals surface area contributed by atoms with Crippen LogP contribution in [-0.2, 0) is 16.6 Å². The van der Waals surface area contributed by atoms with Crippen molar-refractivity contribution in [2.75, 3.05) is 18.1 Å². The monoisotopic (exact) mass is 305 g/mol. The van der Waals surface area contributed by atoms with Crippen molar-refractivity contribution in [3.8, 4) is 0 Å². The Bertz CT molecular complexity index is 742. The molecule has 0 radical (unpaired) electrons. The fourth-order valence-electron chi connectivity index (χ4n) is 1.96. The van der Waals surface area contributed by atoms with Crippen molar-refractivity contribution < 1.29 is 8.42 Å². The minimum atomic E-state index is -3.44. The number of rotatable bonds is 5. The van der Waals surface area contributed by atoms with Gasteiger partial charge in [-0.2, -0.15) is 0 Å². The first kappa shape index (κ1) is 15.3. The van der Waals surface area contributed by atoms with Crippen LogP contribution < -0.4 is 15.8 Å². The Labute approximate surface area is 125 Å². The summed E-state index contributed by atoms with van der Waals surface area (Å²) in [6.07, 6.45) is 0. The summed E-state index contributed by atoms with van der Waals surface area (Å²) in [5.74, 6) is 0. The van der Waals surface area contributed by atoms with Gasteiger partial charge in [0.1, 0.15) is 0 Å². The molecule has 21 heavy (non-hydrogen) atoms. The number of benzene rings is 2. The van der Waals surface area contributed by atoms with Crippen LogP contribution in [0.5, 0.6) is 0 Å². The van der Waals surface area contributed by atoms with E-state index in [1.165, 1.54) is 7.05 Å². The minimum Gasteiger partial charge on any atom is -0.398 e. The van der Waals surface area contributed by atoms with Gasteiger partial charge in [0.05, 0.1) is 4.90 Å². The third kappa shape index (κ3) is 3.53. The lowest BCUT2D eigenvalue weighted by molar-refractivity contribution is 0.588. The highest BCUT2D eigenvalue weighted by atomic mass is 32.2. The molecule has 0 aliphatic carbocycles. The van der Waals surface area contributed by atoms with Gasteiger partial charge in [-0.3, -0.25) is 0 Å². The molecule has 0 amide bonds. The number of aryl methyl sites for hydroxylation is 1. The highest BCUT2D eigenvalue weighted by molar-refractivity contribution is 7.89. The Morgan fingerprint density at radius 3 is 2.52 bits per heavy atom. The number of anilines is 2. The van der Waals surface area contributed by atoms with Gasteiger partial charge in [0, 0.05) is 17.9 Å². The van der Waals surface area contributed by atoms with Gasteiger partial charge in [-0.1, -0.05) is 24.3 Å². The van der Waals surface area contributed by atoms with Crippen molar-refractivity contribution in [1.82, 2.24) is 4.72 Å². The maximum atomic E-state index is 11.8. The first-order valence-corrected chi connectivity index (χ1v) is 8.04. The van der Waals surface area contributed by atoms with Crippen molar-refractivity contribution >= 4 is 21.4 Å². The number of nitrogen functional groups attached to an aromatic ring is 1. The minimum absolute atomic E-state index is 0.235. The molecule has 0 heterocycles. The standard InChI is InChI=1S/C15H19N3O2S/c1-11-7-8-13(21(19,20)17-2)9-15(11)18-10-12-5-3-4-6-14(12)16/h3-9,17-18H,10,16H2,1-2H3. The molecule has 5 nitrogen and oxygen atoms in total. The fourth-order valence-corrected chi connectivity index (χ4v) is 2.72. The van der Waals surface area contributed by atoms with Gasteiger partial charge in [-0.15, -0.1) is 0 Å². The van der Waals surface area contributed by atoms with E-state index in [2.05, 4.69) is 10.0 Å². The summed E-state index contributed by atoms with van der Waals surface area (Å²) >= 11 is 0. The summed E-state index contributed by atoms with van der Waals surface area (Å²) < 4.78 is 26.0. The number of nitrogens with one attached hydrogen (secondary N) is 2. The number of hydrogen-bond acceptors (Lipinski definition) is 4. The maximum absolute atomic E-state index is 11.8. The van der Waals surface area contributed by atoms with Crippen LogP contribution in [0.25, 0.3) is 0 Å². The highest BCUT2D eigenvalue weighted by Gasteiger charge is 2.12. The lowest BCUT2D eigenvalue weighted by atomic mass is 10.1. The molecular weight excluding hydrogens is 286 g/mol. The number of sulfonamides is 1. The highest BCUT2D eigenvalue weighted by Crippen LogP contribution is 2.21. The zero-order chi connectivity index (χ0) is 15.5. The van der Waals surface area contributed by atoms with Gasteiger partial charge in [0.15, 0.2) is 0 Å². The van der Waals surface area contributed by atoms with Crippen LogP contribution in [0, 0.1) is 6.92 Å². The quantitative estimate of drug-likeness (QED) is 0.739. The summed E-state index contributed by atoms with van der Waals surface area (Å²) in [6.45, 7) is 2.46. The largest absolute Gasteiger partial charge is 0.398 e. The molecule has 0 bridgehead atoms. The smallest absolute Gasteiger partial charge is 0.240 e. The second kappa shape index (κ2) is 6.15. The molecule has 2 aromatic rings. The van der Waals surface area contributed by atoms with E-state index in [1.807, 2.05) is 31.2 Å². The summed E-state index contributed by atoms with van der Waals surface area (Å²) in [7, 11) is -2.05. The Morgan fingerprint density at radius 1 is 1.14 bits per heavy atom. The van der Waals surface area contributed by atoms with Crippen molar-refractivity contribution in [2.24, 2.45) is 0 Å². The van der Waals surface area contributed by atoms with Crippen molar-refractivity contribution in [3.63, 3.8) is 0 Å². The van der Waals surface area contributed by atoms with E-state index in [9.17, 15) is 8.42 Å². The Morgan fingerprint density at radius 2 is 1.86 bits per heavy atom. The van der Waals surface area contributed by atoms with Crippen molar-refractivity contribution in [3.05, 3.63) is 53.6 Å². The molecule has 0 atom stereocenters. The average Bonchev–Trinajstić information content (AvgIpc) is 2.47. The number of hydrogen-bond donors (Lipinski definition) is 3. The first-order chi connectivity index (χ1) is 9.94. The van der Waals surface area contributed by atoms with Crippen LogP contribution >= 0.6 is 0 Å². The number of nitrogens with two attached hydrogens (primary N) is 1.